The van der Waals surface area contributed by atoms with Crippen LogP contribution in [0.15, 0.2) is 81.3 Å². The number of nitrogens with one attached hydrogen (secondary N) is 1. The van der Waals surface area contributed by atoms with Gasteiger partial charge in [0.1, 0.15) is 5.76 Å². The highest BCUT2D eigenvalue weighted by Crippen LogP contribution is 2.22. The number of hydrogen-bond donors (Lipinski definition) is 1. The first-order valence-electron chi connectivity index (χ1n) is 10.4. The zero-order valence-electron chi connectivity index (χ0n) is 17.9. The molecular formula is C24H21N5O3S. The van der Waals surface area contributed by atoms with Crippen molar-refractivity contribution in [3.63, 3.8) is 0 Å². The van der Waals surface area contributed by atoms with E-state index in [4.69, 9.17) is 4.42 Å². The van der Waals surface area contributed by atoms with Gasteiger partial charge in [0, 0.05) is 0 Å². The van der Waals surface area contributed by atoms with Crippen molar-refractivity contribution in [2.45, 2.75) is 25.2 Å². The molecule has 8 nitrogen and oxygen atoms in total. The van der Waals surface area contributed by atoms with Crippen LogP contribution in [0.25, 0.3) is 16.7 Å². The van der Waals surface area contributed by atoms with E-state index in [1.807, 2.05) is 53.8 Å². The van der Waals surface area contributed by atoms with Gasteiger partial charge in [-0.25, -0.2) is 0 Å². The zero-order chi connectivity index (χ0) is 22.8. The molecule has 0 bridgehead atoms. The molecule has 5 aromatic rings. The molecule has 166 valence electrons. The minimum atomic E-state index is -0.148. The van der Waals surface area contributed by atoms with E-state index < -0.39 is 0 Å². The molecule has 0 atom stereocenters. The third-order valence-electron chi connectivity index (χ3n) is 5.31. The van der Waals surface area contributed by atoms with Crippen molar-refractivity contribution in [3.05, 3.63) is 94.2 Å². The number of rotatable bonds is 7. The molecule has 1 amide bonds. The van der Waals surface area contributed by atoms with Gasteiger partial charge < -0.3 is 9.73 Å². The first kappa shape index (κ1) is 21.0. The van der Waals surface area contributed by atoms with Crippen molar-refractivity contribution >= 4 is 34.3 Å². The Bertz CT molecular complexity index is 1490. The van der Waals surface area contributed by atoms with E-state index in [1.165, 1.54) is 11.8 Å². The molecule has 0 saturated carbocycles. The number of carbonyl (C=O) groups excluding carboxylic acids is 1. The average Bonchev–Trinajstić information content (AvgIpc) is 3.50. The minimum absolute atomic E-state index is 0.126. The smallest absolute Gasteiger partial charge is 0.263 e. The van der Waals surface area contributed by atoms with Crippen molar-refractivity contribution in [1.29, 1.82) is 0 Å². The van der Waals surface area contributed by atoms with Gasteiger partial charge in [-0.2, -0.15) is 0 Å². The predicted molar refractivity (Wildman–Crippen MR) is 126 cm³/mol. The van der Waals surface area contributed by atoms with Gasteiger partial charge in [-0.3, -0.25) is 18.6 Å². The normalized spacial score (nSPS) is 11.3. The van der Waals surface area contributed by atoms with E-state index in [1.54, 1.807) is 29.0 Å². The average molecular weight is 460 g/mol. The second kappa shape index (κ2) is 8.95. The van der Waals surface area contributed by atoms with Gasteiger partial charge in [0.15, 0.2) is 5.16 Å². The van der Waals surface area contributed by atoms with Crippen LogP contribution in [0.1, 0.15) is 16.9 Å². The van der Waals surface area contributed by atoms with Crippen LogP contribution in [0.5, 0.6) is 0 Å². The standard InChI is InChI=1S/C24H21N5O3S/c1-16-8-10-17(11-9-16)14-28-22(31)19-6-2-3-7-20(19)29-23(28)26-27-24(29)33-15-21(30)25-13-18-5-4-12-32-18/h2-12H,13-15H2,1H3,(H,25,30). The van der Waals surface area contributed by atoms with E-state index in [2.05, 4.69) is 15.5 Å². The summed E-state index contributed by atoms with van der Waals surface area (Å²) in [6.07, 6.45) is 1.57. The maximum absolute atomic E-state index is 13.3. The number of aromatic nitrogens is 4. The molecule has 1 N–H and O–H groups in total. The highest BCUT2D eigenvalue weighted by atomic mass is 32.2. The number of aryl methyl sites for hydroxylation is 1. The third-order valence-corrected chi connectivity index (χ3v) is 6.24. The molecule has 33 heavy (non-hydrogen) atoms. The van der Waals surface area contributed by atoms with Crippen LogP contribution >= 0.6 is 11.8 Å². The Kier molecular flexibility index (Phi) is 5.70. The summed E-state index contributed by atoms with van der Waals surface area (Å²) in [4.78, 5) is 25.6. The fraction of sp³-hybridized carbons (Fsp3) is 0.167. The molecule has 5 rings (SSSR count). The summed E-state index contributed by atoms with van der Waals surface area (Å²) in [5.74, 6) is 1.14. The van der Waals surface area contributed by atoms with Crippen LogP contribution < -0.4 is 10.9 Å². The first-order chi connectivity index (χ1) is 16.1. The number of hydrogen-bond acceptors (Lipinski definition) is 6. The van der Waals surface area contributed by atoms with Crippen molar-refractivity contribution in [1.82, 2.24) is 24.5 Å². The highest BCUT2D eigenvalue weighted by Gasteiger charge is 2.18. The van der Waals surface area contributed by atoms with Gasteiger partial charge in [-0.05, 0) is 36.8 Å². The molecule has 0 aliphatic rings. The Labute approximate surface area is 193 Å². The van der Waals surface area contributed by atoms with Crippen LogP contribution in [0.3, 0.4) is 0 Å². The molecule has 0 spiro atoms. The molecule has 0 aliphatic heterocycles. The Morgan fingerprint density at radius 3 is 2.67 bits per heavy atom. The molecule has 0 radical (unpaired) electrons. The molecule has 3 heterocycles. The fourth-order valence-electron chi connectivity index (χ4n) is 3.63. The lowest BCUT2D eigenvalue weighted by Gasteiger charge is -2.11. The van der Waals surface area contributed by atoms with Gasteiger partial charge in [-0.1, -0.05) is 53.7 Å². The number of fused-ring (bicyclic) bond motifs is 3. The van der Waals surface area contributed by atoms with Crippen LogP contribution in [-0.2, 0) is 17.9 Å². The van der Waals surface area contributed by atoms with E-state index in [9.17, 15) is 9.59 Å². The summed E-state index contributed by atoms with van der Waals surface area (Å²) < 4.78 is 8.71. The maximum atomic E-state index is 13.3. The summed E-state index contributed by atoms with van der Waals surface area (Å²) in [5.41, 5.74) is 2.73. The summed E-state index contributed by atoms with van der Waals surface area (Å²) in [6.45, 7) is 2.73. The van der Waals surface area contributed by atoms with Crippen molar-refractivity contribution in [3.8, 4) is 0 Å². The molecule has 0 fully saturated rings. The number of benzene rings is 2. The third kappa shape index (κ3) is 4.27. The van der Waals surface area contributed by atoms with Gasteiger partial charge in [-0.15, -0.1) is 10.2 Å². The molecular weight excluding hydrogens is 438 g/mol. The lowest BCUT2D eigenvalue weighted by Crippen LogP contribution is -2.25. The SMILES string of the molecule is Cc1ccc(Cn2c(=O)c3ccccc3n3c(SCC(=O)NCc4ccco4)nnc23)cc1. The van der Waals surface area contributed by atoms with Gasteiger partial charge in [0.25, 0.3) is 5.56 Å². The molecule has 0 aliphatic carbocycles. The monoisotopic (exact) mass is 459 g/mol. The van der Waals surface area contributed by atoms with E-state index in [-0.39, 0.29) is 17.2 Å². The van der Waals surface area contributed by atoms with E-state index in [0.717, 1.165) is 11.1 Å². The topological polar surface area (TPSA) is 94.4 Å². The number of furan rings is 1. The van der Waals surface area contributed by atoms with Gasteiger partial charge >= 0.3 is 0 Å². The number of nitrogens with zero attached hydrogens (tertiary/aromatic N) is 4. The molecule has 3 aromatic heterocycles. The second-order valence-electron chi connectivity index (χ2n) is 7.66. The highest BCUT2D eigenvalue weighted by molar-refractivity contribution is 7.99. The molecule has 0 unspecified atom stereocenters. The maximum Gasteiger partial charge on any atom is 0.263 e. The van der Waals surface area contributed by atoms with E-state index in [0.29, 0.717) is 40.7 Å². The van der Waals surface area contributed by atoms with Crippen molar-refractivity contribution in [2.75, 3.05) is 5.75 Å². The number of amides is 1. The van der Waals surface area contributed by atoms with Crippen LogP contribution in [0.2, 0.25) is 0 Å². The summed E-state index contributed by atoms with van der Waals surface area (Å²) >= 11 is 1.27. The van der Waals surface area contributed by atoms with E-state index >= 15 is 0 Å². The molecule has 0 saturated heterocycles. The predicted octanol–water partition coefficient (Wildman–Crippen LogP) is 3.40. The van der Waals surface area contributed by atoms with Crippen LogP contribution in [-0.4, -0.2) is 30.8 Å². The Hall–Kier alpha value is -3.85. The minimum Gasteiger partial charge on any atom is -0.467 e. The van der Waals surface area contributed by atoms with Crippen LogP contribution in [0, 0.1) is 6.92 Å². The lowest BCUT2D eigenvalue weighted by molar-refractivity contribution is -0.118. The molecule has 9 heteroatoms. The summed E-state index contributed by atoms with van der Waals surface area (Å²) in [7, 11) is 0. The summed E-state index contributed by atoms with van der Waals surface area (Å²) in [5, 5.41) is 12.6. The summed E-state index contributed by atoms with van der Waals surface area (Å²) in [6, 6.07) is 19.0. The number of thioether (sulfide) groups is 1. The van der Waals surface area contributed by atoms with Crippen molar-refractivity contribution < 1.29 is 9.21 Å². The van der Waals surface area contributed by atoms with Gasteiger partial charge in [0.05, 0.1) is 36.0 Å². The van der Waals surface area contributed by atoms with Gasteiger partial charge in [0.2, 0.25) is 11.7 Å². The van der Waals surface area contributed by atoms with Crippen molar-refractivity contribution in [2.24, 2.45) is 0 Å². The Morgan fingerprint density at radius 2 is 1.88 bits per heavy atom. The number of para-hydroxylation sites is 1. The Morgan fingerprint density at radius 1 is 1.06 bits per heavy atom. The second-order valence-corrected chi connectivity index (χ2v) is 8.60. The quantitative estimate of drug-likeness (QED) is 0.375. The van der Waals surface area contributed by atoms with Crippen LogP contribution in [0.4, 0.5) is 0 Å². The molecule has 2 aromatic carbocycles. The first-order valence-corrected chi connectivity index (χ1v) is 11.4. The largest absolute Gasteiger partial charge is 0.467 e. The Balaban J connectivity index is 1.47. The fourth-order valence-corrected chi connectivity index (χ4v) is 4.40. The lowest BCUT2D eigenvalue weighted by atomic mass is 10.1. The number of carbonyl (C=O) groups is 1. The zero-order valence-corrected chi connectivity index (χ0v) is 18.7.